The average molecular weight is 569 g/mol. The van der Waals surface area contributed by atoms with E-state index >= 15 is 0 Å². The van der Waals surface area contributed by atoms with Crippen molar-refractivity contribution in [1.82, 2.24) is 19.1 Å². The first-order valence-corrected chi connectivity index (χ1v) is 14.6. The van der Waals surface area contributed by atoms with Crippen LogP contribution in [-0.2, 0) is 23.1 Å². The topological polar surface area (TPSA) is 121 Å². The van der Waals surface area contributed by atoms with E-state index in [1.165, 1.54) is 28.4 Å². The molecule has 12 heteroatoms. The van der Waals surface area contributed by atoms with E-state index < -0.39 is 22.0 Å². The Bertz CT molecular complexity index is 1590. The lowest BCUT2D eigenvalue weighted by molar-refractivity contribution is 0.0945. The molecule has 0 radical (unpaired) electrons. The van der Waals surface area contributed by atoms with E-state index in [2.05, 4.69) is 10.2 Å². The van der Waals surface area contributed by atoms with Crippen LogP contribution in [0.5, 0.6) is 5.75 Å². The minimum atomic E-state index is -4.12. The Kier molecular flexibility index (Phi) is 7.60. The Morgan fingerprint density at radius 1 is 1.03 bits per heavy atom. The van der Waals surface area contributed by atoms with E-state index in [9.17, 15) is 23.1 Å². The van der Waals surface area contributed by atoms with Crippen LogP contribution in [0.4, 0.5) is 4.79 Å². The molecule has 204 valence electrons. The third-order valence-electron chi connectivity index (χ3n) is 6.77. The van der Waals surface area contributed by atoms with Crippen molar-refractivity contribution in [2.24, 2.45) is 0 Å². The van der Waals surface area contributed by atoms with E-state index in [-0.39, 0.29) is 17.1 Å². The molecule has 0 bridgehead atoms. The summed E-state index contributed by atoms with van der Waals surface area (Å²) in [7, 11) is -2.58. The largest absolute Gasteiger partial charge is 0.496 e. The number of methoxy groups -OCH3 is 1. The Labute approximate surface area is 230 Å². The van der Waals surface area contributed by atoms with Crippen LogP contribution in [0.15, 0.2) is 70.9 Å². The van der Waals surface area contributed by atoms with Crippen LogP contribution in [0.1, 0.15) is 20.9 Å². The Morgan fingerprint density at radius 3 is 2.41 bits per heavy atom. The molecule has 1 aliphatic heterocycles. The van der Waals surface area contributed by atoms with Crippen molar-refractivity contribution in [2.45, 2.75) is 18.0 Å². The molecule has 1 saturated heterocycles. The number of hydrogen-bond donors (Lipinski definition) is 2. The molecule has 2 amide bonds. The van der Waals surface area contributed by atoms with Gasteiger partial charge in [-0.15, -0.1) is 11.3 Å². The van der Waals surface area contributed by atoms with Gasteiger partial charge in [-0.3, -0.25) is 9.69 Å². The molecule has 0 spiro atoms. The molecule has 3 heterocycles. The monoisotopic (exact) mass is 568 g/mol. The highest BCUT2D eigenvalue weighted by Crippen LogP contribution is 2.34. The van der Waals surface area contributed by atoms with E-state index in [0.717, 1.165) is 14.4 Å². The van der Waals surface area contributed by atoms with Crippen LogP contribution in [0.3, 0.4) is 0 Å². The van der Waals surface area contributed by atoms with Gasteiger partial charge >= 0.3 is 6.09 Å². The number of thiophene rings is 1. The summed E-state index contributed by atoms with van der Waals surface area (Å²) in [5.41, 5.74) is 1.09. The minimum Gasteiger partial charge on any atom is -0.496 e. The molecule has 39 heavy (non-hydrogen) atoms. The Hall–Kier alpha value is -3.87. The lowest BCUT2D eigenvalue weighted by atomic mass is 10.1. The molecule has 0 saturated carbocycles. The number of carboxylic acid groups (broad SMARTS) is 1. The van der Waals surface area contributed by atoms with E-state index in [1.807, 2.05) is 17.5 Å². The van der Waals surface area contributed by atoms with Crippen molar-refractivity contribution >= 4 is 44.3 Å². The second kappa shape index (κ2) is 11.1. The summed E-state index contributed by atoms with van der Waals surface area (Å²) in [5, 5.41) is 14.6. The van der Waals surface area contributed by atoms with Crippen molar-refractivity contribution in [3.8, 4) is 5.75 Å². The molecule has 2 aromatic carbocycles. The van der Waals surface area contributed by atoms with E-state index in [0.29, 0.717) is 49.4 Å². The quantitative estimate of drug-likeness (QED) is 0.333. The third kappa shape index (κ3) is 5.35. The maximum Gasteiger partial charge on any atom is 0.407 e. The van der Waals surface area contributed by atoms with Gasteiger partial charge < -0.3 is 20.1 Å². The molecule has 0 atom stereocenters. The summed E-state index contributed by atoms with van der Waals surface area (Å²) < 4.78 is 34.6. The van der Waals surface area contributed by atoms with Crippen molar-refractivity contribution in [2.75, 3.05) is 33.3 Å². The lowest BCUT2D eigenvalue weighted by Gasteiger charge is -2.33. The number of rotatable bonds is 8. The first-order chi connectivity index (χ1) is 18.8. The number of nitrogens with one attached hydrogen (secondary N) is 1. The molecule has 1 fully saturated rings. The fraction of sp³-hybridized carbons (Fsp3) is 0.259. The number of benzene rings is 2. The fourth-order valence-corrected chi connectivity index (χ4v) is 6.93. The number of nitrogens with zero attached hydrogens (tertiary/aromatic N) is 3. The van der Waals surface area contributed by atoms with Gasteiger partial charge in [0.1, 0.15) is 11.4 Å². The van der Waals surface area contributed by atoms with Gasteiger partial charge in [0.05, 0.1) is 24.1 Å². The summed E-state index contributed by atoms with van der Waals surface area (Å²) >= 11 is 1.50. The molecule has 2 aromatic heterocycles. The van der Waals surface area contributed by atoms with Crippen LogP contribution in [0.25, 0.3) is 10.9 Å². The standard InChI is InChI=1S/C27H28N4O6S2/c1-37-25-10-9-23-21(22(25)18-29-11-13-30(14-12-29)27(33)34)16-24(26(32)28-17-19-6-5-15-38-19)31(23)39(35,36)20-7-3-2-4-8-20/h2-10,15-16H,11-14,17-18H2,1H3,(H,28,32)(H,33,34). The second-order valence-electron chi connectivity index (χ2n) is 9.10. The van der Waals surface area contributed by atoms with Gasteiger partial charge in [0.25, 0.3) is 15.9 Å². The SMILES string of the molecule is COc1ccc2c(cc(C(=O)NCc3cccs3)n2S(=O)(=O)c2ccccc2)c1CN1CCN(C(=O)O)CC1. The Morgan fingerprint density at radius 2 is 1.77 bits per heavy atom. The summed E-state index contributed by atoms with van der Waals surface area (Å²) in [4.78, 5) is 29.3. The molecule has 0 unspecified atom stereocenters. The van der Waals surface area contributed by atoms with Crippen LogP contribution in [-0.4, -0.2) is 72.6 Å². The summed E-state index contributed by atoms with van der Waals surface area (Å²) in [6.45, 7) is 2.44. The minimum absolute atomic E-state index is 0.00407. The highest BCUT2D eigenvalue weighted by Gasteiger charge is 2.29. The first kappa shape index (κ1) is 26.7. The van der Waals surface area contributed by atoms with E-state index in [1.54, 1.807) is 43.5 Å². The number of aromatic nitrogens is 1. The zero-order valence-corrected chi connectivity index (χ0v) is 22.9. The van der Waals surface area contributed by atoms with Crippen molar-refractivity contribution in [3.63, 3.8) is 0 Å². The van der Waals surface area contributed by atoms with Gasteiger partial charge in [0.2, 0.25) is 0 Å². The molecular weight excluding hydrogens is 540 g/mol. The zero-order chi connectivity index (χ0) is 27.6. The van der Waals surface area contributed by atoms with Crippen LogP contribution >= 0.6 is 11.3 Å². The van der Waals surface area contributed by atoms with Gasteiger partial charge in [-0.1, -0.05) is 24.3 Å². The van der Waals surface area contributed by atoms with Crippen LogP contribution < -0.4 is 10.1 Å². The highest BCUT2D eigenvalue weighted by molar-refractivity contribution is 7.90. The normalized spacial score (nSPS) is 14.4. The number of piperazine rings is 1. The van der Waals surface area contributed by atoms with Gasteiger partial charge in [-0.25, -0.2) is 17.2 Å². The maximum atomic E-state index is 13.9. The van der Waals surface area contributed by atoms with Crippen LogP contribution in [0, 0.1) is 0 Å². The van der Waals surface area contributed by atoms with Crippen molar-refractivity contribution in [1.29, 1.82) is 0 Å². The maximum absolute atomic E-state index is 13.9. The Balaban J connectivity index is 1.60. The molecule has 10 nitrogen and oxygen atoms in total. The van der Waals surface area contributed by atoms with Gasteiger partial charge in [-0.2, -0.15) is 0 Å². The van der Waals surface area contributed by atoms with Gasteiger partial charge in [-0.05, 0) is 41.8 Å². The number of carbonyl (C=O) groups excluding carboxylic acids is 1. The summed E-state index contributed by atoms with van der Waals surface area (Å²) in [6.07, 6.45) is -0.948. The number of ether oxygens (including phenoxy) is 1. The summed E-state index contributed by atoms with van der Waals surface area (Å²) in [6, 6.07) is 16.8. The van der Waals surface area contributed by atoms with Gasteiger partial charge in [0.15, 0.2) is 0 Å². The predicted molar refractivity (Wildman–Crippen MR) is 148 cm³/mol. The van der Waals surface area contributed by atoms with Crippen molar-refractivity contribution in [3.05, 3.63) is 82.2 Å². The van der Waals surface area contributed by atoms with Gasteiger partial charge in [0, 0.05) is 48.6 Å². The van der Waals surface area contributed by atoms with Crippen molar-refractivity contribution < 1.29 is 27.9 Å². The zero-order valence-electron chi connectivity index (χ0n) is 21.2. The molecule has 1 aliphatic rings. The molecule has 5 rings (SSSR count). The number of fused-ring (bicyclic) bond motifs is 1. The predicted octanol–water partition coefficient (Wildman–Crippen LogP) is 3.67. The first-order valence-electron chi connectivity index (χ1n) is 12.3. The number of carbonyl (C=O) groups is 2. The third-order valence-corrected chi connectivity index (χ3v) is 9.39. The van der Waals surface area contributed by atoms with Crippen LogP contribution in [0.2, 0.25) is 0 Å². The molecule has 0 aliphatic carbocycles. The van der Waals surface area contributed by atoms with E-state index in [4.69, 9.17) is 4.74 Å². The average Bonchev–Trinajstić information content (AvgIpc) is 3.61. The number of hydrogen-bond acceptors (Lipinski definition) is 7. The summed E-state index contributed by atoms with van der Waals surface area (Å²) in [5.74, 6) is 0.0436. The lowest BCUT2D eigenvalue weighted by Crippen LogP contribution is -2.47. The molecular formula is C27H28N4O6S2. The number of amides is 2. The fourth-order valence-electron chi connectivity index (χ4n) is 4.76. The second-order valence-corrected chi connectivity index (χ2v) is 11.9. The molecule has 4 aromatic rings. The smallest absolute Gasteiger partial charge is 0.407 e. The highest BCUT2D eigenvalue weighted by atomic mass is 32.2. The molecule has 2 N–H and O–H groups in total.